The minimum Gasteiger partial charge on any atom is -0.508 e. The van der Waals surface area contributed by atoms with Gasteiger partial charge in [-0.05, 0) is 18.2 Å². The van der Waals surface area contributed by atoms with Crippen LogP contribution in [0, 0.1) is 11.8 Å². The zero-order chi connectivity index (χ0) is 13.8. The fourth-order valence-electron chi connectivity index (χ4n) is 1.55. The van der Waals surface area contributed by atoms with Crippen LogP contribution in [-0.4, -0.2) is 14.2 Å². The normalized spacial score (nSPS) is 9.74. The lowest BCUT2D eigenvalue weighted by Crippen LogP contribution is -2.36. The highest BCUT2D eigenvalue weighted by atomic mass is 16.3. The minimum absolute atomic E-state index is 0.145. The van der Waals surface area contributed by atoms with Crippen LogP contribution in [0.2, 0.25) is 0 Å². The Morgan fingerprint density at radius 1 is 1.26 bits per heavy atom. The molecule has 1 N–H and O–H groups in total. The summed E-state index contributed by atoms with van der Waals surface area (Å²) in [5.74, 6) is 5.80. The van der Waals surface area contributed by atoms with Crippen LogP contribution in [0.25, 0.3) is 0 Å². The molecule has 0 amide bonds. The van der Waals surface area contributed by atoms with Crippen LogP contribution >= 0.6 is 0 Å². The molecule has 19 heavy (non-hydrogen) atoms. The smallest absolute Gasteiger partial charge is 0.331 e. The second kappa shape index (κ2) is 5.27. The molecular formula is C14H12N2O3. The van der Waals surface area contributed by atoms with Gasteiger partial charge in [-0.3, -0.25) is 13.9 Å². The van der Waals surface area contributed by atoms with Gasteiger partial charge in [-0.1, -0.05) is 17.9 Å². The summed E-state index contributed by atoms with van der Waals surface area (Å²) < 4.78 is 2.37. The average Bonchev–Trinajstić information content (AvgIpc) is 2.39. The quantitative estimate of drug-likeness (QED) is 0.747. The van der Waals surface area contributed by atoms with Crippen LogP contribution in [-0.2, 0) is 13.6 Å². The van der Waals surface area contributed by atoms with Gasteiger partial charge in [-0.15, -0.1) is 0 Å². The predicted octanol–water partition coefficient (Wildman–Crippen LogP) is 0.304. The van der Waals surface area contributed by atoms with Crippen LogP contribution in [0.15, 0.2) is 46.1 Å². The Hall–Kier alpha value is -2.74. The first-order valence-electron chi connectivity index (χ1n) is 5.62. The molecule has 1 heterocycles. The third-order valence-electron chi connectivity index (χ3n) is 2.59. The van der Waals surface area contributed by atoms with Crippen LogP contribution in [0.4, 0.5) is 0 Å². The SMILES string of the molecule is Cn1c(=O)ccn(CC#Cc2cccc(O)c2)c1=O. The molecule has 0 aliphatic heterocycles. The average molecular weight is 256 g/mol. The van der Waals surface area contributed by atoms with E-state index in [1.807, 2.05) is 0 Å². The molecule has 0 atom stereocenters. The van der Waals surface area contributed by atoms with Gasteiger partial charge in [0.2, 0.25) is 0 Å². The van der Waals surface area contributed by atoms with Crippen molar-refractivity contribution in [3.63, 3.8) is 0 Å². The minimum atomic E-state index is -0.405. The number of aromatic hydroxyl groups is 1. The number of nitrogens with zero attached hydrogens (tertiary/aromatic N) is 2. The van der Waals surface area contributed by atoms with E-state index >= 15 is 0 Å². The van der Waals surface area contributed by atoms with Crippen LogP contribution in [0.3, 0.4) is 0 Å². The van der Waals surface area contributed by atoms with Crippen LogP contribution < -0.4 is 11.2 Å². The lowest BCUT2D eigenvalue weighted by Gasteiger charge is -2.01. The van der Waals surface area contributed by atoms with Crippen molar-refractivity contribution in [2.24, 2.45) is 7.05 Å². The second-order valence-corrected chi connectivity index (χ2v) is 3.98. The molecule has 0 bridgehead atoms. The molecule has 0 radical (unpaired) electrons. The summed E-state index contributed by atoms with van der Waals surface area (Å²) >= 11 is 0. The molecule has 96 valence electrons. The Kier molecular flexibility index (Phi) is 3.53. The molecule has 0 aliphatic carbocycles. The second-order valence-electron chi connectivity index (χ2n) is 3.98. The van der Waals surface area contributed by atoms with E-state index < -0.39 is 5.69 Å². The van der Waals surface area contributed by atoms with E-state index in [4.69, 9.17) is 0 Å². The summed E-state index contributed by atoms with van der Waals surface area (Å²) in [5.41, 5.74) is -0.0854. The van der Waals surface area contributed by atoms with E-state index in [-0.39, 0.29) is 17.9 Å². The van der Waals surface area contributed by atoms with E-state index in [1.54, 1.807) is 18.2 Å². The molecule has 0 saturated carbocycles. The third-order valence-corrected chi connectivity index (χ3v) is 2.59. The van der Waals surface area contributed by atoms with E-state index in [0.29, 0.717) is 5.56 Å². The van der Waals surface area contributed by atoms with Gasteiger partial charge in [-0.25, -0.2) is 4.79 Å². The van der Waals surface area contributed by atoms with Crippen LogP contribution in [0.5, 0.6) is 5.75 Å². The highest BCUT2D eigenvalue weighted by Crippen LogP contribution is 2.09. The van der Waals surface area contributed by atoms with Crippen molar-refractivity contribution in [2.45, 2.75) is 6.54 Å². The predicted molar refractivity (Wildman–Crippen MR) is 70.9 cm³/mol. The highest BCUT2D eigenvalue weighted by Gasteiger charge is 1.98. The van der Waals surface area contributed by atoms with Crippen molar-refractivity contribution in [1.82, 2.24) is 9.13 Å². The van der Waals surface area contributed by atoms with Crippen molar-refractivity contribution in [3.8, 4) is 17.6 Å². The van der Waals surface area contributed by atoms with Crippen molar-refractivity contribution in [1.29, 1.82) is 0 Å². The Balaban J connectivity index is 2.23. The lowest BCUT2D eigenvalue weighted by molar-refractivity contribution is 0.475. The summed E-state index contributed by atoms with van der Waals surface area (Å²) in [6.45, 7) is 0.183. The van der Waals surface area contributed by atoms with E-state index in [9.17, 15) is 14.7 Å². The Bertz CT molecular complexity index is 775. The van der Waals surface area contributed by atoms with Gasteiger partial charge in [0.15, 0.2) is 0 Å². The van der Waals surface area contributed by atoms with Gasteiger partial charge >= 0.3 is 5.69 Å². The fraction of sp³-hybridized carbons (Fsp3) is 0.143. The summed E-state index contributed by atoms with van der Waals surface area (Å²) in [6.07, 6.45) is 1.42. The summed E-state index contributed by atoms with van der Waals surface area (Å²) in [6, 6.07) is 7.87. The fourth-order valence-corrected chi connectivity index (χ4v) is 1.55. The number of aromatic nitrogens is 2. The number of rotatable bonds is 1. The Morgan fingerprint density at radius 2 is 2.05 bits per heavy atom. The first-order chi connectivity index (χ1) is 9.08. The van der Waals surface area contributed by atoms with Gasteiger partial charge in [-0.2, -0.15) is 0 Å². The zero-order valence-electron chi connectivity index (χ0n) is 10.3. The summed E-state index contributed by atoms with van der Waals surface area (Å²) in [4.78, 5) is 22.9. The maximum absolute atomic E-state index is 11.7. The molecule has 0 fully saturated rings. The molecule has 5 nitrogen and oxygen atoms in total. The molecule has 2 rings (SSSR count). The standard InChI is InChI=1S/C14H12N2O3/c1-15-13(18)7-9-16(14(15)19)8-3-5-11-4-2-6-12(17)10-11/h2,4,6-7,9-10,17H,8H2,1H3. The number of phenols is 1. The Morgan fingerprint density at radius 3 is 2.79 bits per heavy atom. The largest absolute Gasteiger partial charge is 0.508 e. The van der Waals surface area contributed by atoms with E-state index in [2.05, 4.69) is 11.8 Å². The highest BCUT2D eigenvalue weighted by molar-refractivity contribution is 5.39. The molecule has 0 spiro atoms. The molecule has 0 aliphatic rings. The molecule has 1 aromatic carbocycles. The third kappa shape index (κ3) is 2.93. The Labute approximate surface area is 109 Å². The monoisotopic (exact) mass is 256 g/mol. The van der Waals surface area contributed by atoms with Crippen LogP contribution in [0.1, 0.15) is 5.56 Å². The first-order valence-corrected chi connectivity index (χ1v) is 5.62. The topological polar surface area (TPSA) is 64.2 Å². The summed E-state index contributed by atoms with van der Waals surface area (Å²) in [7, 11) is 1.42. The first kappa shape index (κ1) is 12.7. The van der Waals surface area contributed by atoms with Crippen molar-refractivity contribution in [2.75, 3.05) is 0 Å². The lowest BCUT2D eigenvalue weighted by atomic mass is 10.2. The van der Waals surface area contributed by atoms with E-state index in [0.717, 1.165) is 4.57 Å². The molecule has 0 saturated heterocycles. The number of hydrogen-bond donors (Lipinski definition) is 1. The molecular weight excluding hydrogens is 244 g/mol. The zero-order valence-corrected chi connectivity index (χ0v) is 10.3. The molecule has 2 aromatic rings. The number of hydrogen-bond acceptors (Lipinski definition) is 3. The number of phenolic OH excluding ortho intramolecular Hbond substituents is 1. The summed E-state index contributed by atoms with van der Waals surface area (Å²) in [5, 5.41) is 9.28. The number of benzene rings is 1. The van der Waals surface area contributed by atoms with E-state index in [1.165, 1.54) is 29.9 Å². The van der Waals surface area contributed by atoms with Crippen molar-refractivity contribution >= 4 is 0 Å². The molecule has 1 aromatic heterocycles. The van der Waals surface area contributed by atoms with Gasteiger partial charge in [0.25, 0.3) is 5.56 Å². The van der Waals surface area contributed by atoms with Gasteiger partial charge in [0, 0.05) is 24.9 Å². The van der Waals surface area contributed by atoms with Gasteiger partial charge in [0.1, 0.15) is 5.75 Å². The maximum atomic E-state index is 11.7. The van der Waals surface area contributed by atoms with Crippen molar-refractivity contribution in [3.05, 3.63) is 62.9 Å². The van der Waals surface area contributed by atoms with Crippen molar-refractivity contribution < 1.29 is 5.11 Å². The maximum Gasteiger partial charge on any atom is 0.331 e. The van der Waals surface area contributed by atoms with Gasteiger partial charge < -0.3 is 5.11 Å². The molecule has 5 heteroatoms. The molecule has 0 unspecified atom stereocenters. The van der Waals surface area contributed by atoms with Gasteiger partial charge in [0.05, 0.1) is 6.54 Å².